The topological polar surface area (TPSA) is 82.1 Å². The lowest BCUT2D eigenvalue weighted by atomic mass is 10.2. The van der Waals surface area contributed by atoms with Gasteiger partial charge < -0.3 is 14.2 Å². The molecule has 0 radical (unpaired) electrons. The number of esters is 1. The minimum absolute atomic E-state index is 0.218. The van der Waals surface area contributed by atoms with E-state index >= 15 is 0 Å². The first-order valence-corrected chi connectivity index (χ1v) is 10.8. The van der Waals surface area contributed by atoms with Gasteiger partial charge in [0.1, 0.15) is 5.75 Å². The van der Waals surface area contributed by atoms with Crippen LogP contribution in [0.1, 0.15) is 18.9 Å². The Morgan fingerprint density at radius 1 is 1.25 bits per heavy atom. The molecule has 28 heavy (non-hydrogen) atoms. The van der Waals surface area contributed by atoms with Gasteiger partial charge in [-0.05, 0) is 80.7 Å². The molecule has 2 amide bonds. The molecule has 0 saturated carbocycles. The predicted octanol–water partition coefficient (Wildman–Crippen LogP) is 4.23. The van der Waals surface area contributed by atoms with Crippen molar-refractivity contribution in [2.45, 2.75) is 13.3 Å². The lowest BCUT2D eigenvalue weighted by Gasteiger charge is -2.12. The van der Waals surface area contributed by atoms with E-state index in [1.807, 2.05) is 0 Å². The molecule has 0 aliphatic carbocycles. The zero-order valence-corrected chi connectivity index (χ0v) is 19.3. The molecule has 0 unspecified atom stereocenters. The van der Waals surface area contributed by atoms with Crippen molar-refractivity contribution in [2.24, 2.45) is 0 Å². The first-order valence-electron chi connectivity index (χ1n) is 8.39. The van der Waals surface area contributed by atoms with Crippen molar-refractivity contribution < 1.29 is 28.6 Å². The summed E-state index contributed by atoms with van der Waals surface area (Å²) in [5.41, 5.74) is 0.699. The third kappa shape index (κ3) is 6.07. The van der Waals surface area contributed by atoms with Gasteiger partial charge in [-0.2, -0.15) is 0 Å². The number of halogens is 2. The number of hydrogen-bond acceptors (Lipinski definition) is 7. The highest BCUT2D eigenvalue weighted by atomic mass is 79.9. The average Bonchev–Trinajstić information content (AvgIpc) is 2.88. The molecule has 0 aromatic heterocycles. The molecule has 0 N–H and O–H groups in total. The summed E-state index contributed by atoms with van der Waals surface area (Å²) in [6.07, 6.45) is 2.23. The predicted molar refractivity (Wildman–Crippen MR) is 113 cm³/mol. The number of methoxy groups -OCH3 is 1. The number of rotatable bonds is 9. The van der Waals surface area contributed by atoms with Crippen LogP contribution in [0.5, 0.6) is 5.75 Å². The van der Waals surface area contributed by atoms with Crippen molar-refractivity contribution in [1.82, 2.24) is 4.90 Å². The van der Waals surface area contributed by atoms with E-state index in [9.17, 15) is 14.4 Å². The molecule has 1 heterocycles. The Bertz CT molecular complexity index is 775. The fourth-order valence-corrected chi connectivity index (χ4v) is 4.66. The molecule has 152 valence electrons. The van der Waals surface area contributed by atoms with E-state index in [-0.39, 0.29) is 24.4 Å². The summed E-state index contributed by atoms with van der Waals surface area (Å²) in [6.45, 7) is 2.59. The summed E-state index contributed by atoms with van der Waals surface area (Å²) in [4.78, 5) is 37.6. The molecular weight excluding hydrogens is 518 g/mol. The van der Waals surface area contributed by atoms with Crippen molar-refractivity contribution in [3.05, 3.63) is 31.5 Å². The number of imide groups is 1. The maximum atomic E-state index is 12.5. The average molecular weight is 537 g/mol. The summed E-state index contributed by atoms with van der Waals surface area (Å²) in [7, 11) is 1.57. The van der Waals surface area contributed by atoms with Gasteiger partial charge in [0.25, 0.3) is 11.1 Å². The van der Waals surface area contributed by atoms with E-state index in [1.165, 1.54) is 4.90 Å². The van der Waals surface area contributed by atoms with E-state index in [0.29, 0.717) is 44.7 Å². The number of amides is 2. The summed E-state index contributed by atoms with van der Waals surface area (Å²) >= 11 is 7.70. The van der Waals surface area contributed by atoms with Gasteiger partial charge in [0.15, 0.2) is 6.61 Å². The first kappa shape index (κ1) is 22.9. The second-order valence-corrected chi connectivity index (χ2v) is 8.29. The number of nitrogens with zero attached hydrogens (tertiary/aromatic N) is 1. The number of carbonyl (C=O) groups excluding carboxylic acids is 3. The Hall–Kier alpha value is -1.36. The van der Waals surface area contributed by atoms with Crippen LogP contribution in [0.2, 0.25) is 0 Å². The largest absolute Gasteiger partial charge is 0.480 e. The zero-order valence-electron chi connectivity index (χ0n) is 15.3. The number of thioether (sulfide) groups is 1. The van der Waals surface area contributed by atoms with Crippen molar-refractivity contribution >= 4 is 66.8 Å². The van der Waals surface area contributed by atoms with Crippen LogP contribution in [0.3, 0.4) is 0 Å². The van der Waals surface area contributed by atoms with Crippen LogP contribution in [0.15, 0.2) is 26.0 Å². The quantitative estimate of drug-likeness (QED) is 0.265. The van der Waals surface area contributed by atoms with Crippen molar-refractivity contribution in [3.8, 4) is 5.75 Å². The molecule has 0 bridgehead atoms. The summed E-state index contributed by atoms with van der Waals surface area (Å²) in [6, 6.07) is 3.48. The van der Waals surface area contributed by atoms with Gasteiger partial charge in [0, 0.05) is 20.3 Å². The Kier molecular flexibility index (Phi) is 9.00. The Morgan fingerprint density at radius 2 is 1.93 bits per heavy atom. The lowest BCUT2D eigenvalue weighted by Crippen LogP contribution is -2.29. The van der Waals surface area contributed by atoms with Gasteiger partial charge >= 0.3 is 5.97 Å². The van der Waals surface area contributed by atoms with E-state index in [4.69, 9.17) is 14.2 Å². The smallest absolute Gasteiger partial charge is 0.344 e. The van der Waals surface area contributed by atoms with Gasteiger partial charge in [0.2, 0.25) is 0 Å². The van der Waals surface area contributed by atoms with Gasteiger partial charge in [-0.3, -0.25) is 14.5 Å². The van der Waals surface area contributed by atoms with Crippen LogP contribution in [0, 0.1) is 0 Å². The molecular formula is C18H19Br2NO6S. The maximum absolute atomic E-state index is 12.5. The number of hydrogen-bond donors (Lipinski definition) is 0. The van der Waals surface area contributed by atoms with Crippen LogP contribution in [0.25, 0.3) is 6.08 Å². The fraction of sp³-hybridized carbons (Fsp3) is 0.389. The second kappa shape index (κ2) is 11.0. The van der Waals surface area contributed by atoms with E-state index in [1.54, 1.807) is 32.2 Å². The molecule has 1 aliphatic heterocycles. The molecule has 10 heteroatoms. The molecule has 2 rings (SSSR count). The SMILES string of the molecule is CCOC(=O)COc1c(Br)cc(/C=C2/SC(=O)N(CCCOC)C2=O)cc1Br. The highest BCUT2D eigenvalue weighted by Crippen LogP contribution is 2.37. The lowest BCUT2D eigenvalue weighted by molar-refractivity contribution is -0.145. The van der Waals surface area contributed by atoms with E-state index in [2.05, 4.69) is 31.9 Å². The minimum atomic E-state index is -0.465. The first-order chi connectivity index (χ1) is 13.4. The summed E-state index contributed by atoms with van der Waals surface area (Å²) in [5.74, 6) is -0.341. The third-order valence-corrected chi connectivity index (χ3v) is 5.65. The normalized spacial score (nSPS) is 15.4. The number of carbonyl (C=O) groups is 3. The van der Waals surface area contributed by atoms with Crippen LogP contribution < -0.4 is 4.74 Å². The molecule has 1 fully saturated rings. The van der Waals surface area contributed by atoms with E-state index < -0.39 is 5.97 Å². The van der Waals surface area contributed by atoms with Gasteiger partial charge in [-0.25, -0.2) is 4.79 Å². The van der Waals surface area contributed by atoms with Crippen molar-refractivity contribution in [2.75, 3.05) is 33.5 Å². The Morgan fingerprint density at radius 3 is 2.54 bits per heavy atom. The highest BCUT2D eigenvalue weighted by Gasteiger charge is 2.34. The Labute approximate surface area is 184 Å². The van der Waals surface area contributed by atoms with Crippen LogP contribution >= 0.6 is 43.6 Å². The van der Waals surface area contributed by atoms with Crippen LogP contribution in [-0.2, 0) is 19.1 Å². The summed E-state index contributed by atoms with van der Waals surface area (Å²) in [5, 5.41) is -0.292. The monoisotopic (exact) mass is 535 g/mol. The highest BCUT2D eigenvalue weighted by molar-refractivity contribution is 9.11. The molecule has 1 aliphatic rings. The second-order valence-electron chi connectivity index (χ2n) is 5.59. The maximum Gasteiger partial charge on any atom is 0.344 e. The zero-order chi connectivity index (χ0) is 20.7. The van der Waals surface area contributed by atoms with E-state index in [0.717, 1.165) is 11.8 Å². The molecule has 1 aromatic carbocycles. The van der Waals surface area contributed by atoms with Crippen LogP contribution in [-0.4, -0.2) is 55.5 Å². The summed E-state index contributed by atoms with van der Waals surface area (Å²) < 4.78 is 16.5. The Balaban J connectivity index is 2.12. The van der Waals surface area contributed by atoms with Gasteiger partial charge in [-0.15, -0.1) is 0 Å². The molecule has 1 saturated heterocycles. The number of ether oxygens (including phenoxy) is 3. The molecule has 0 atom stereocenters. The number of benzene rings is 1. The minimum Gasteiger partial charge on any atom is -0.480 e. The van der Waals surface area contributed by atoms with Gasteiger partial charge in [-0.1, -0.05) is 0 Å². The third-order valence-electron chi connectivity index (χ3n) is 3.56. The molecule has 0 spiro atoms. The van der Waals surface area contributed by atoms with Crippen molar-refractivity contribution in [3.63, 3.8) is 0 Å². The standard InChI is InChI=1S/C18H19Br2NO6S/c1-3-26-15(22)10-27-16-12(19)7-11(8-13(16)20)9-14-17(23)21(18(24)28-14)5-4-6-25-2/h7-9H,3-6,10H2,1-2H3/b14-9+. The van der Waals surface area contributed by atoms with Crippen molar-refractivity contribution in [1.29, 1.82) is 0 Å². The van der Waals surface area contributed by atoms with Crippen LogP contribution in [0.4, 0.5) is 4.79 Å². The molecule has 1 aromatic rings. The molecule has 7 nitrogen and oxygen atoms in total. The fourth-order valence-electron chi connectivity index (χ4n) is 2.35. The van der Waals surface area contributed by atoms with Gasteiger partial charge in [0.05, 0.1) is 20.5 Å².